The van der Waals surface area contributed by atoms with Crippen molar-refractivity contribution in [1.29, 1.82) is 0 Å². The number of hydrogen-bond acceptors (Lipinski definition) is 5. The van der Waals surface area contributed by atoms with E-state index >= 15 is 0 Å². The van der Waals surface area contributed by atoms with E-state index < -0.39 is 5.97 Å². The number of aromatic nitrogens is 1. The summed E-state index contributed by atoms with van der Waals surface area (Å²) in [5, 5.41) is 19.9. The highest BCUT2D eigenvalue weighted by Gasteiger charge is 1.98. The Morgan fingerprint density at radius 3 is 3.08 bits per heavy atom. The van der Waals surface area contributed by atoms with Crippen LogP contribution in [0, 0.1) is 11.8 Å². The van der Waals surface area contributed by atoms with Crippen molar-refractivity contribution in [3.63, 3.8) is 0 Å². The van der Waals surface area contributed by atoms with E-state index in [1.165, 1.54) is 5.38 Å². The average Bonchev–Trinajstić information content (AvgIpc) is 2.48. The predicted octanol–water partition coefficient (Wildman–Crippen LogP) is -1.15. The molecule has 0 bridgehead atoms. The molecule has 5 heteroatoms. The molecular weight excluding hydrogens is 178 g/mol. The Balaban J connectivity index is 2.84. The van der Waals surface area contributed by atoms with Crippen molar-refractivity contribution in [2.24, 2.45) is 0 Å². The number of carboxylic acid groups (broad SMARTS) is 1. The summed E-state index contributed by atoms with van der Waals surface area (Å²) < 4.78 is 0. The molecular formula is C7H4NO3S-. The molecule has 0 saturated carbocycles. The zero-order valence-electron chi connectivity index (χ0n) is 5.90. The average molecular weight is 182 g/mol. The number of hydrogen-bond donors (Lipinski definition) is 1. The van der Waals surface area contributed by atoms with Gasteiger partial charge in [0, 0.05) is 5.38 Å². The fourth-order valence-corrected chi connectivity index (χ4v) is 1.14. The number of carbonyl (C=O) groups excluding carboxylic acids is 1. The number of nitrogens with zero attached hydrogens (tertiary/aromatic N) is 1. The van der Waals surface area contributed by atoms with Crippen molar-refractivity contribution in [2.75, 3.05) is 6.61 Å². The normalized spacial score (nSPS) is 8.75. The van der Waals surface area contributed by atoms with E-state index in [1.807, 2.05) is 0 Å². The van der Waals surface area contributed by atoms with Crippen molar-refractivity contribution in [1.82, 2.24) is 4.98 Å². The van der Waals surface area contributed by atoms with Gasteiger partial charge in [-0.2, -0.15) is 0 Å². The maximum Gasteiger partial charge on any atom is 0.140 e. The van der Waals surface area contributed by atoms with Gasteiger partial charge in [-0.3, -0.25) is 0 Å². The fourth-order valence-electron chi connectivity index (χ4n) is 0.555. The molecule has 62 valence electrons. The lowest BCUT2D eigenvalue weighted by molar-refractivity contribution is -0.255. The van der Waals surface area contributed by atoms with Crippen molar-refractivity contribution in [2.45, 2.75) is 0 Å². The summed E-state index contributed by atoms with van der Waals surface area (Å²) in [6.07, 6.45) is 0. The third-order valence-corrected chi connectivity index (χ3v) is 1.80. The van der Waals surface area contributed by atoms with E-state index in [-0.39, 0.29) is 11.6 Å². The quantitative estimate of drug-likeness (QED) is 0.556. The lowest BCUT2D eigenvalue weighted by Crippen LogP contribution is -2.21. The molecule has 1 aromatic heterocycles. The lowest BCUT2D eigenvalue weighted by Gasteiger charge is -1.90. The van der Waals surface area contributed by atoms with Gasteiger partial charge in [-0.1, -0.05) is 5.92 Å². The topological polar surface area (TPSA) is 73.2 Å². The minimum Gasteiger partial charge on any atom is -0.542 e. The molecule has 0 radical (unpaired) electrons. The van der Waals surface area contributed by atoms with Crippen LogP contribution in [0.4, 0.5) is 0 Å². The van der Waals surface area contributed by atoms with Crippen LogP contribution in [0.2, 0.25) is 0 Å². The molecule has 0 saturated heterocycles. The first kappa shape index (κ1) is 8.71. The highest BCUT2D eigenvalue weighted by atomic mass is 32.1. The van der Waals surface area contributed by atoms with Crippen molar-refractivity contribution >= 4 is 17.3 Å². The molecule has 0 amide bonds. The van der Waals surface area contributed by atoms with Crippen LogP contribution in [0.5, 0.6) is 0 Å². The second-order valence-electron chi connectivity index (χ2n) is 1.79. The Morgan fingerprint density at radius 2 is 2.58 bits per heavy atom. The van der Waals surface area contributed by atoms with Crippen LogP contribution >= 0.6 is 11.3 Å². The summed E-state index contributed by atoms with van der Waals surface area (Å²) in [5.41, 5.74) is 0.341. The summed E-state index contributed by atoms with van der Waals surface area (Å²) in [6.45, 7) is -0.266. The molecule has 1 rings (SSSR count). The molecule has 1 heterocycles. The second-order valence-corrected chi connectivity index (χ2v) is 2.64. The first-order chi connectivity index (χ1) is 5.74. The van der Waals surface area contributed by atoms with Crippen LogP contribution in [-0.2, 0) is 0 Å². The molecule has 1 N–H and O–H groups in total. The SMILES string of the molecule is O=C([O-])c1nc(C#CCO)cs1. The molecule has 1 aromatic rings. The number of carboxylic acids is 1. The Kier molecular flexibility index (Phi) is 2.80. The van der Waals surface area contributed by atoms with Crippen LogP contribution in [0.15, 0.2) is 5.38 Å². The summed E-state index contributed by atoms with van der Waals surface area (Å²) in [5.74, 6) is 3.52. The number of thiazole rings is 1. The molecule has 4 nitrogen and oxygen atoms in total. The van der Waals surface area contributed by atoms with Gasteiger partial charge in [0.1, 0.15) is 23.3 Å². The zero-order valence-corrected chi connectivity index (χ0v) is 6.72. The molecule has 0 spiro atoms. The number of carbonyl (C=O) groups is 1. The minimum atomic E-state index is -1.31. The van der Waals surface area contributed by atoms with Gasteiger partial charge in [0.25, 0.3) is 0 Å². The standard InChI is InChI=1S/C7H5NO3S/c9-3-1-2-5-4-12-6(8-5)7(10)11/h4,9H,3H2,(H,10,11)/p-1. The van der Waals surface area contributed by atoms with E-state index in [9.17, 15) is 9.90 Å². The monoisotopic (exact) mass is 182 g/mol. The third-order valence-electron chi connectivity index (χ3n) is 0.974. The summed E-state index contributed by atoms with van der Waals surface area (Å²) >= 11 is 0.951. The van der Waals surface area contributed by atoms with E-state index in [0.29, 0.717) is 5.69 Å². The highest BCUT2D eigenvalue weighted by molar-refractivity contribution is 7.11. The molecule has 0 fully saturated rings. The van der Waals surface area contributed by atoms with Gasteiger partial charge in [0.2, 0.25) is 0 Å². The summed E-state index contributed by atoms with van der Waals surface area (Å²) in [4.78, 5) is 13.8. The Hall–Kier alpha value is -1.38. The van der Waals surface area contributed by atoms with Gasteiger partial charge in [0.15, 0.2) is 0 Å². The molecule has 0 aromatic carbocycles. The van der Waals surface area contributed by atoms with Gasteiger partial charge >= 0.3 is 0 Å². The van der Waals surface area contributed by atoms with Crippen LogP contribution in [-0.4, -0.2) is 22.7 Å². The zero-order chi connectivity index (χ0) is 8.97. The maximum atomic E-state index is 10.2. The molecule has 12 heavy (non-hydrogen) atoms. The maximum absolute atomic E-state index is 10.2. The van der Waals surface area contributed by atoms with Gasteiger partial charge in [0.05, 0.1) is 0 Å². The van der Waals surface area contributed by atoms with Crippen LogP contribution < -0.4 is 5.11 Å². The molecule has 0 aliphatic rings. The van der Waals surface area contributed by atoms with Crippen molar-refractivity contribution < 1.29 is 15.0 Å². The number of aromatic carboxylic acids is 1. The van der Waals surface area contributed by atoms with Crippen LogP contribution in [0.25, 0.3) is 0 Å². The largest absolute Gasteiger partial charge is 0.542 e. The Bertz CT molecular complexity index is 347. The molecule has 0 atom stereocenters. The third kappa shape index (κ3) is 2.05. The number of rotatable bonds is 1. The van der Waals surface area contributed by atoms with E-state index in [1.54, 1.807) is 0 Å². The summed E-state index contributed by atoms with van der Waals surface area (Å²) in [6, 6.07) is 0. The van der Waals surface area contributed by atoms with Gasteiger partial charge in [-0.05, 0) is 5.92 Å². The highest BCUT2D eigenvalue weighted by Crippen LogP contribution is 2.06. The van der Waals surface area contributed by atoms with Gasteiger partial charge in [-0.15, -0.1) is 11.3 Å². The molecule has 0 aliphatic carbocycles. The first-order valence-electron chi connectivity index (χ1n) is 3.00. The van der Waals surface area contributed by atoms with Gasteiger partial charge < -0.3 is 15.0 Å². The van der Waals surface area contributed by atoms with Crippen molar-refractivity contribution in [3.05, 3.63) is 16.1 Å². The Morgan fingerprint density at radius 1 is 1.83 bits per heavy atom. The summed E-state index contributed by atoms with van der Waals surface area (Å²) in [7, 11) is 0. The van der Waals surface area contributed by atoms with Crippen molar-refractivity contribution in [3.8, 4) is 11.8 Å². The smallest absolute Gasteiger partial charge is 0.140 e. The minimum absolute atomic E-state index is 0.0998. The van der Waals surface area contributed by atoms with Crippen LogP contribution in [0.3, 0.4) is 0 Å². The second kappa shape index (κ2) is 3.85. The van der Waals surface area contributed by atoms with E-state index in [2.05, 4.69) is 16.8 Å². The predicted molar refractivity (Wildman–Crippen MR) is 40.4 cm³/mol. The van der Waals surface area contributed by atoms with Gasteiger partial charge in [-0.25, -0.2) is 4.98 Å². The molecule has 0 unspecified atom stereocenters. The van der Waals surface area contributed by atoms with E-state index in [0.717, 1.165) is 11.3 Å². The molecule has 0 aliphatic heterocycles. The fraction of sp³-hybridized carbons (Fsp3) is 0.143. The number of aliphatic hydroxyl groups excluding tert-OH is 1. The lowest BCUT2D eigenvalue weighted by atomic mass is 10.5. The van der Waals surface area contributed by atoms with Crippen LogP contribution in [0.1, 0.15) is 15.5 Å². The number of aliphatic hydroxyl groups is 1. The van der Waals surface area contributed by atoms with E-state index in [4.69, 9.17) is 5.11 Å². The Labute approximate surface area is 72.5 Å². The first-order valence-corrected chi connectivity index (χ1v) is 3.88.